The summed E-state index contributed by atoms with van der Waals surface area (Å²) in [6, 6.07) is 6.97. The predicted octanol–water partition coefficient (Wildman–Crippen LogP) is 1.92. The molecule has 0 saturated heterocycles. The molecule has 1 fully saturated rings. The number of rotatable bonds is 5. The van der Waals surface area contributed by atoms with Gasteiger partial charge in [-0.25, -0.2) is 9.59 Å². The molecule has 1 aromatic rings. The molecular weight excluding hydrogens is 270 g/mol. The van der Waals surface area contributed by atoms with Crippen LogP contribution in [0, 0.1) is 0 Å². The van der Waals surface area contributed by atoms with Crippen molar-refractivity contribution in [1.82, 2.24) is 10.6 Å². The predicted molar refractivity (Wildman–Crippen MR) is 80.2 cm³/mol. The van der Waals surface area contributed by atoms with Gasteiger partial charge in [-0.1, -0.05) is 25.0 Å². The summed E-state index contributed by atoms with van der Waals surface area (Å²) < 4.78 is 0. The van der Waals surface area contributed by atoms with Crippen LogP contribution in [0.3, 0.4) is 0 Å². The third kappa shape index (κ3) is 3.72. The fraction of sp³-hybridized carbons (Fsp3) is 0.467. The maximum absolute atomic E-state index is 12.0. The molecular formula is C15H21N3O3. The van der Waals surface area contributed by atoms with Crippen molar-refractivity contribution in [3.05, 3.63) is 29.8 Å². The van der Waals surface area contributed by atoms with E-state index in [4.69, 9.17) is 0 Å². The standard InChI is InChI=1S/C15H21N3O3/c1-16-10-11-5-4-6-12(9-11)17-14(21)18-15(13(19)20)7-2-3-8-15/h4-6,9,16H,2-3,7-8,10H2,1H3,(H,19,20)(H2,17,18,21). The van der Waals surface area contributed by atoms with Crippen LogP contribution in [0.1, 0.15) is 31.2 Å². The first-order valence-corrected chi connectivity index (χ1v) is 7.12. The number of hydrogen-bond donors (Lipinski definition) is 4. The molecule has 2 rings (SSSR count). The number of urea groups is 1. The summed E-state index contributed by atoms with van der Waals surface area (Å²) in [5, 5.41) is 17.7. The van der Waals surface area contributed by atoms with Crippen LogP contribution >= 0.6 is 0 Å². The fourth-order valence-corrected chi connectivity index (χ4v) is 2.71. The van der Waals surface area contributed by atoms with Gasteiger partial charge in [-0.3, -0.25) is 0 Å². The molecule has 0 aromatic heterocycles. The molecule has 21 heavy (non-hydrogen) atoms. The Morgan fingerprint density at radius 2 is 2.00 bits per heavy atom. The highest BCUT2D eigenvalue weighted by atomic mass is 16.4. The van der Waals surface area contributed by atoms with Gasteiger partial charge in [0.15, 0.2) is 0 Å². The zero-order valence-corrected chi connectivity index (χ0v) is 12.1. The Kier molecular flexibility index (Phi) is 4.80. The molecule has 0 aliphatic heterocycles. The number of carbonyl (C=O) groups is 2. The molecule has 4 N–H and O–H groups in total. The molecule has 0 bridgehead atoms. The van der Waals surface area contributed by atoms with Crippen LogP contribution in [-0.2, 0) is 11.3 Å². The second kappa shape index (κ2) is 6.58. The van der Waals surface area contributed by atoms with Gasteiger partial charge in [0.05, 0.1) is 0 Å². The largest absolute Gasteiger partial charge is 0.480 e. The van der Waals surface area contributed by atoms with Crippen LogP contribution in [0.4, 0.5) is 10.5 Å². The molecule has 1 aliphatic carbocycles. The maximum atomic E-state index is 12.0. The molecule has 0 atom stereocenters. The summed E-state index contributed by atoms with van der Waals surface area (Å²) >= 11 is 0. The van der Waals surface area contributed by atoms with E-state index in [2.05, 4.69) is 16.0 Å². The van der Waals surface area contributed by atoms with E-state index in [1.54, 1.807) is 6.07 Å². The molecule has 0 unspecified atom stereocenters. The molecule has 114 valence electrons. The second-order valence-electron chi connectivity index (χ2n) is 5.40. The number of anilines is 1. The topological polar surface area (TPSA) is 90.5 Å². The third-order valence-electron chi connectivity index (χ3n) is 3.79. The lowest BCUT2D eigenvalue weighted by atomic mass is 9.98. The number of carbonyl (C=O) groups excluding carboxylic acids is 1. The third-order valence-corrected chi connectivity index (χ3v) is 3.79. The number of hydrogen-bond acceptors (Lipinski definition) is 3. The van der Waals surface area contributed by atoms with E-state index in [1.807, 2.05) is 25.2 Å². The zero-order chi connectivity index (χ0) is 15.3. The monoisotopic (exact) mass is 291 g/mol. The van der Waals surface area contributed by atoms with Gasteiger partial charge >= 0.3 is 12.0 Å². The number of benzene rings is 1. The first kappa shape index (κ1) is 15.3. The van der Waals surface area contributed by atoms with Crippen molar-refractivity contribution < 1.29 is 14.7 Å². The van der Waals surface area contributed by atoms with Gasteiger partial charge in [-0.15, -0.1) is 0 Å². The van der Waals surface area contributed by atoms with Gasteiger partial charge in [0, 0.05) is 12.2 Å². The number of nitrogens with one attached hydrogen (secondary N) is 3. The lowest BCUT2D eigenvalue weighted by Crippen LogP contribution is -2.53. The molecule has 6 heteroatoms. The van der Waals surface area contributed by atoms with Crippen molar-refractivity contribution in [3.63, 3.8) is 0 Å². The summed E-state index contributed by atoms with van der Waals surface area (Å²) in [5.74, 6) is -0.959. The molecule has 1 aromatic carbocycles. The summed E-state index contributed by atoms with van der Waals surface area (Å²) in [7, 11) is 1.85. The van der Waals surface area contributed by atoms with E-state index >= 15 is 0 Å². The van der Waals surface area contributed by atoms with Crippen molar-refractivity contribution in [3.8, 4) is 0 Å². The van der Waals surface area contributed by atoms with Gasteiger partial charge in [-0.05, 0) is 37.6 Å². The van der Waals surface area contributed by atoms with E-state index < -0.39 is 17.5 Å². The molecule has 0 spiro atoms. The van der Waals surface area contributed by atoms with Crippen molar-refractivity contribution in [2.75, 3.05) is 12.4 Å². The van der Waals surface area contributed by atoms with Crippen LogP contribution < -0.4 is 16.0 Å². The van der Waals surface area contributed by atoms with Crippen molar-refractivity contribution in [1.29, 1.82) is 0 Å². The highest BCUT2D eigenvalue weighted by Crippen LogP contribution is 2.30. The van der Waals surface area contributed by atoms with Crippen LogP contribution in [-0.4, -0.2) is 29.7 Å². The van der Waals surface area contributed by atoms with Crippen LogP contribution in [0.2, 0.25) is 0 Å². The fourth-order valence-electron chi connectivity index (χ4n) is 2.71. The van der Waals surface area contributed by atoms with Crippen LogP contribution in [0.15, 0.2) is 24.3 Å². The number of carboxylic acid groups (broad SMARTS) is 1. The summed E-state index contributed by atoms with van der Waals surface area (Å²) in [6.07, 6.45) is 2.61. The molecule has 2 amide bonds. The Balaban J connectivity index is 2.01. The molecule has 6 nitrogen and oxygen atoms in total. The van der Waals surface area contributed by atoms with Gasteiger partial charge < -0.3 is 21.1 Å². The van der Waals surface area contributed by atoms with Gasteiger partial charge in [0.25, 0.3) is 0 Å². The van der Waals surface area contributed by atoms with E-state index in [0.29, 0.717) is 25.1 Å². The van der Waals surface area contributed by atoms with Gasteiger partial charge in [0.2, 0.25) is 0 Å². The van der Waals surface area contributed by atoms with E-state index in [0.717, 1.165) is 18.4 Å². The highest BCUT2D eigenvalue weighted by Gasteiger charge is 2.42. The average Bonchev–Trinajstić information content (AvgIpc) is 2.89. The van der Waals surface area contributed by atoms with E-state index in [1.165, 1.54) is 0 Å². The molecule has 0 radical (unpaired) electrons. The number of amides is 2. The van der Waals surface area contributed by atoms with Crippen molar-refractivity contribution in [2.24, 2.45) is 0 Å². The highest BCUT2D eigenvalue weighted by molar-refractivity contribution is 5.94. The Morgan fingerprint density at radius 1 is 1.29 bits per heavy atom. The molecule has 0 heterocycles. The Labute approximate surface area is 123 Å². The second-order valence-corrected chi connectivity index (χ2v) is 5.40. The minimum atomic E-state index is -1.12. The van der Waals surface area contributed by atoms with Gasteiger partial charge in [0.1, 0.15) is 5.54 Å². The van der Waals surface area contributed by atoms with Crippen molar-refractivity contribution in [2.45, 2.75) is 37.8 Å². The van der Waals surface area contributed by atoms with Crippen LogP contribution in [0.25, 0.3) is 0 Å². The summed E-state index contributed by atoms with van der Waals surface area (Å²) in [6.45, 7) is 0.705. The number of carboxylic acids is 1. The summed E-state index contributed by atoms with van der Waals surface area (Å²) in [5.41, 5.74) is 0.579. The van der Waals surface area contributed by atoms with E-state index in [9.17, 15) is 14.7 Å². The minimum absolute atomic E-state index is 0.471. The molecule has 1 saturated carbocycles. The molecule has 1 aliphatic rings. The minimum Gasteiger partial charge on any atom is -0.480 e. The van der Waals surface area contributed by atoms with Gasteiger partial charge in [-0.2, -0.15) is 0 Å². The van der Waals surface area contributed by atoms with Crippen molar-refractivity contribution >= 4 is 17.7 Å². The quantitative estimate of drug-likeness (QED) is 0.667. The Morgan fingerprint density at radius 3 is 2.62 bits per heavy atom. The smallest absolute Gasteiger partial charge is 0.329 e. The first-order valence-electron chi connectivity index (χ1n) is 7.12. The lowest BCUT2D eigenvalue weighted by molar-refractivity contribution is -0.144. The van der Waals surface area contributed by atoms with Crippen LogP contribution in [0.5, 0.6) is 0 Å². The first-order chi connectivity index (χ1) is 10.1. The summed E-state index contributed by atoms with van der Waals surface area (Å²) in [4.78, 5) is 23.4. The zero-order valence-electron chi connectivity index (χ0n) is 12.1. The van der Waals surface area contributed by atoms with E-state index in [-0.39, 0.29) is 0 Å². The maximum Gasteiger partial charge on any atom is 0.329 e. The Bertz CT molecular complexity index is 525. The average molecular weight is 291 g/mol. The number of aliphatic carboxylic acids is 1. The SMILES string of the molecule is CNCc1cccc(NC(=O)NC2(C(=O)O)CCCC2)c1. The normalized spacial score (nSPS) is 16.4. The Hall–Kier alpha value is -2.08. The lowest BCUT2D eigenvalue weighted by Gasteiger charge is -2.25.